The number of alkyl halides is 1. The van der Waals surface area contributed by atoms with E-state index in [1.54, 1.807) is 0 Å². The molecule has 0 bridgehead atoms. The average Bonchev–Trinajstić information content (AvgIpc) is 2.79. The number of carbonyl (C=O) groups is 1. The number of benzene rings is 2. The highest BCUT2D eigenvalue weighted by atomic mass is 35.5. The second kappa shape index (κ2) is 12.2. The second-order valence-corrected chi connectivity index (χ2v) is 8.89. The van der Waals surface area contributed by atoms with Crippen molar-refractivity contribution in [3.8, 4) is 0 Å². The van der Waals surface area contributed by atoms with Crippen molar-refractivity contribution >= 4 is 25.6 Å². The molecule has 9 heteroatoms. The summed E-state index contributed by atoms with van der Waals surface area (Å²) in [6.45, 7) is 0.110. The Morgan fingerprint density at radius 2 is 1.39 bits per heavy atom. The van der Waals surface area contributed by atoms with Gasteiger partial charge in [0.15, 0.2) is 6.07 Å². The largest absolute Gasteiger partial charge is 0.509 e. The van der Waals surface area contributed by atoms with Crippen LogP contribution < -0.4 is 0 Å². The SMILES string of the molecule is O=C(OCCl)O[C@@H]1CCCC[C@@H]1OP(=O)(OCc1ccccc1)OCc1ccccc1. The molecule has 0 N–H and O–H groups in total. The van der Waals surface area contributed by atoms with E-state index in [-0.39, 0.29) is 19.3 Å². The number of halogens is 1. The molecule has 0 aliphatic heterocycles. The Morgan fingerprint density at radius 1 is 0.871 bits per heavy atom. The first-order chi connectivity index (χ1) is 15.1. The molecule has 2 atom stereocenters. The number of hydrogen-bond donors (Lipinski definition) is 0. The minimum Gasteiger partial charge on any atom is -0.428 e. The van der Waals surface area contributed by atoms with E-state index in [4.69, 9.17) is 29.9 Å². The smallest absolute Gasteiger partial charge is 0.428 e. The van der Waals surface area contributed by atoms with E-state index in [0.29, 0.717) is 12.8 Å². The molecule has 2 aromatic rings. The summed E-state index contributed by atoms with van der Waals surface area (Å²) in [5.41, 5.74) is 1.66. The van der Waals surface area contributed by atoms with Crippen LogP contribution in [0.5, 0.6) is 0 Å². The first-order valence-corrected chi connectivity index (χ1v) is 12.1. The molecule has 168 valence electrons. The van der Waals surface area contributed by atoms with Crippen LogP contribution in [0, 0.1) is 0 Å². The lowest BCUT2D eigenvalue weighted by Gasteiger charge is -2.32. The van der Waals surface area contributed by atoms with Crippen molar-refractivity contribution in [2.75, 3.05) is 6.07 Å². The molecule has 7 nitrogen and oxygen atoms in total. The maximum Gasteiger partial charge on any atom is 0.509 e. The van der Waals surface area contributed by atoms with Gasteiger partial charge in [0, 0.05) is 0 Å². The van der Waals surface area contributed by atoms with Gasteiger partial charge in [-0.2, -0.15) is 0 Å². The van der Waals surface area contributed by atoms with Crippen LogP contribution in [-0.4, -0.2) is 24.4 Å². The quantitative estimate of drug-likeness (QED) is 0.233. The molecular formula is C22H26ClO7P. The molecule has 0 radical (unpaired) electrons. The van der Waals surface area contributed by atoms with Crippen LogP contribution in [-0.2, 0) is 40.8 Å². The van der Waals surface area contributed by atoms with E-state index in [1.165, 1.54) is 0 Å². The van der Waals surface area contributed by atoms with E-state index in [2.05, 4.69) is 4.74 Å². The van der Waals surface area contributed by atoms with E-state index < -0.39 is 26.2 Å². The van der Waals surface area contributed by atoms with Crippen molar-refractivity contribution in [3.63, 3.8) is 0 Å². The third kappa shape index (κ3) is 7.95. The van der Waals surface area contributed by atoms with Crippen molar-refractivity contribution in [2.24, 2.45) is 0 Å². The minimum atomic E-state index is -3.97. The number of hydrogen-bond acceptors (Lipinski definition) is 7. The van der Waals surface area contributed by atoms with Gasteiger partial charge in [0.05, 0.1) is 13.2 Å². The summed E-state index contributed by atoms with van der Waals surface area (Å²) in [7, 11) is -3.97. The fourth-order valence-corrected chi connectivity index (χ4v) is 4.71. The van der Waals surface area contributed by atoms with Gasteiger partial charge in [-0.1, -0.05) is 78.7 Å². The molecule has 0 aromatic heterocycles. The van der Waals surface area contributed by atoms with Gasteiger partial charge in [0.25, 0.3) is 0 Å². The van der Waals surface area contributed by atoms with Crippen molar-refractivity contribution in [3.05, 3.63) is 71.8 Å². The third-order valence-corrected chi connectivity index (χ3v) is 6.32. The molecule has 1 aliphatic carbocycles. The van der Waals surface area contributed by atoms with E-state index >= 15 is 0 Å². The number of rotatable bonds is 10. The predicted octanol–water partition coefficient (Wildman–Crippen LogP) is 6.21. The molecule has 1 fully saturated rings. The lowest BCUT2D eigenvalue weighted by molar-refractivity contribution is -0.0512. The van der Waals surface area contributed by atoms with Crippen molar-refractivity contribution in [1.82, 2.24) is 0 Å². The third-order valence-electron chi connectivity index (χ3n) is 4.79. The van der Waals surface area contributed by atoms with Gasteiger partial charge in [-0.25, -0.2) is 9.36 Å². The van der Waals surface area contributed by atoms with Crippen molar-refractivity contribution in [2.45, 2.75) is 51.1 Å². The second-order valence-electron chi connectivity index (χ2n) is 7.05. The molecule has 0 amide bonds. The summed E-state index contributed by atoms with van der Waals surface area (Å²) in [6, 6.07) is 18.3. The van der Waals surface area contributed by atoms with Gasteiger partial charge in [-0.3, -0.25) is 13.6 Å². The standard InChI is InChI=1S/C22H26ClO7P/c23-17-26-22(24)29-20-13-7-8-14-21(20)30-31(25,27-15-18-9-3-1-4-10-18)28-16-19-11-5-2-6-12-19/h1-6,9-12,20-21H,7-8,13-17H2/t20-,21+/m1/s1. The average molecular weight is 469 g/mol. The summed E-state index contributed by atoms with van der Waals surface area (Å²) in [4.78, 5) is 11.7. The summed E-state index contributed by atoms with van der Waals surface area (Å²) in [6.07, 6.45) is 0.629. The van der Waals surface area contributed by atoms with Gasteiger partial charge >= 0.3 is 14.0 Å². The molecule has 0 spiro atoms. The van der Waals surface area contributed by atoms with Crippen molar-refractivity contribution in [1.29, 1.82) is 0 Å². The Balaban J connectivity index is 1.70. The van der Waals surface area contributed by atoms with Gasteiger partial charge in [0.1, 0.15) is 12.2 Å². The monoisotopic (exact) mass is 468 g/mol. The van der Waals surface area contributed by atoms with Crippen LogP contribution in [0.1, 0.15) is 36.8 Å². The van der Waals surface area contributed by atoms with Crippen LogP contribution >= 0.6 is 19.4 Å². The van der Waals surface area contributed by atoms with Crippen LogP contribution in [0.4, 0.5) is 4.79 Å². The first kappa shape index (κ1) is 23.8. The summed E-state index contributed by atoms with van der Waals surface area (Å²) < 4.78 is 40.7. The lowest BCUT2D eigenvalue weighted by atomic mass is 9.95. The molecule has 1 saturated carbocycles. The molecule has 0 saturated heterocycles. The molecular weight excluding hydrogens is 443 g/mol. The Labute approximate surface area is 187 Å². The maximum atomic E-state index is 13.5. The highest BCUT2D eigenvalue weighted by molar-refractivity contribution is 7.48. The van der Waals surface area contributed by atoms with Gasteiger partial charge in [-0.15, -0.1) is 0 Å². The Hall–Kier alpha value is -1.89. The summed E-state index contributed by atoms with van der Waals surface area (Å²) in [5, 5.41) is 0. The number of carbonyl (C=O) groups excluding carboxylic acids is 1. The first-order valence-electron chi connectivity index (χ1n) is 10.1. The van der Waals surface area contributed by atoms with E-state index in [1.807, 2.05) is 60.7 Å². The minimum absolute atomic E-state index is 0.0550. The fraction of sp³-hybridized carbons (Fsp3) is 0.409. The highest BCUT2D eigenvalue weighted by Crippen LogP contribution is 2.53. The fourth-order valence-electron chi connectivity index (χ4n) is 3.24. The van der Waals surface area contributed by atoms with E-state index in [9.17, 15) is 9.36 Å². The topological polar surface area (TPSA) is 80.3 Å². The zero-order valence-electron chi connectivity index (χ0n) is 17.1. The van der Waals surface area contributed by atoms with Gasteiger partial charge < -0.3 is 9.47 Å². The van der Waals surface area contributed by atoms with Crippen molar-refractivity contribution < 1.29 is 32.4 Å². The Morgan fingerprint density at radius 3 is 1.90 bits per heavy atom. The van der Waals surface area contributed by atoms with Crippen LogP contribution in [0.25, 0.3) is 0 Å². The zero-order valence-corrected chi connectivity index (χ0v) is 18.7. The molecule has 3 rings (SSSR count). The van der Waals surface area contributed by atoms with Gasteiger partial charge in [0.2, 0.25) is 0 Å². The number of ether oxygens (including phenoxy) is 2. The normalized spacial score (nSPS) is 19.0. The number of phosphoric acid groups is 1. The summed E-state index contributed by atoms with van der Waals surface area (Å²) in [5.74, 6) is 0. The molecule has 1 aliphatic rings. The zero-order chi connectivity index (χ0) is 21.9. The molecule has 2 aromatic carbocycles. The van der Waals surface area contributed by atoms with Gasteiger partial charge in [-0.05, 0) is 30.4 Å². The Bertz CT molecular complexity index is 802. The summed E-state index contributed by atoms with van der Waals surface area (Å²) >= 11 is 5.42. The Kier molecular flexibility index (Phi) is 9.37. The van der Waals surface area contributed by atoms with Crippen LogP contribution in [0.2, 0.25) is 0 Å². The van der Waals surface area contributed by atoms with Crippen LogP contribution in [0.3, 0.4) is 0 Å². The molecule has 31 heavy (non-hydrogen) atoms. The number of phosphoric ester groups is 1. The van der Waals surface area contributed by atoms with E-state index in [0.717, 1.165) is 24.0 Å². The maximum absolute atomic E-state index is 13.5. The lowest BCUT2D eigenvalue weighted by Crippen LogP contribution is -2.36. The predicted molar refractivity (Wildman–Crippen MR) is 115 cm³/mol. The molecule has 0 heterocycles. The van der Waals surface area contributed by atoms with Crippen LogP contribution in [0.15, 0.2) is 60.7 Å². The highest BCUT2D eigenvalue weighted by Gasteiger charge is 2.38. The molecule has 0 unspecified atom stereocenters.